The van der Waals surface area contributed by atoms with Gasteiger partial charge in [0.1, 0.15) is 5.82 Å². The first-order chi connectivity index (χ1) is 8.13. The maximum atomic E-state index is 11.8. The third kappa shape index (κ3) is 2.31. The zero-order chi connectivity index (χ0) is 12.4. The molecule has 1 unspecified atom stereocenters. The third-order valence-corrected chi connectivity index (χ3v) is 3.27. The molecule has 5 nitrogen and oxygen atoms in total. The maximum Gasteiger partial charge on any atom is 0.311 e. The Labute approximate surface area is 107 Å². The predicted octanol–water partition coefficient (Wildman–Crippen LogP) is 1.37. The van der Waals surface area contributed by atoms with E-state index < -0.39 is 5.92 Å². The van der Waals surface area contributed by atoms with Gasteiger partial charge in [-0.2, -0.15) is 0 Å². The first-order valence-corrected chi connectivity index (χ1v) is 5.91. The van der Waals surface area contributed by atoms with Gasteiger partial charge < -0.3 is 4.74 Å². The summed E-state index contributed by atoms with van der Waals surface area (Å²) in [6.45, 7) is 0.321. The van der Waals surface area contributed by atoms with E-state index in [0.717, 1.165) is 4.47 Å². The highest BCUT2D eigenvalue weighted by molar-refractivity contribution is 9.10. The molecule has 1 aliphatic rings. The molecule has 1 atom stereocenters. The van der Waals surface area contributed by atoms with E-state index in [-0.39, 0.29) is 18.3 Å². The van der Waals surface area contributed by atoms with Crippen LogP contribution in [0.15, 0.2) is 22.8 Å². The van der Waals surface area contributed by atoms with Crippen LogP contribution in [0.25, 0.3) is 0 Å². The van der Waals surface area contributed by atoms with Crippen molar-refractivity contribution in [2.75, 3.05) is 18.6 Å². The summed E-state index contributed by atoms with van der Waals surface area (Å²) in [5, 5.41) is 0. The molecular weight excluding hydrogens is 288 g/mol. The quantitative estimate of drug-likeness (QED) is 0.774. The summed E-state index contributed by atoms with van der Waals surface area (Å²) in [5.41, 5.74) is 0. The Balaban J connectivity index is 2.22. The van der Waals surface area contributed by atoms with Crippen LogP contribution in [-0.4, -0.2) is 30.5 Å². The minimum atomic E-state index is -0.401. The van der Waals surface area contributed by atoms with Gasteiger partial charge in [-0.05, 0) is 28.1 Å². The topological polar surface area (TPSA) is 59.5 Å². The summed E-state index contributed by atoms with van der Waals surface area (Å²) in [5.74, 6) is -0.321. The van der Waals surface area contributed by atoms with Crippen LogP contribution >= 0.6 is 15.9 Å². The molecule has 0 aromatic carbocycles. The Kier molecular flexibility index (Phi) is 3.42. The van der Waals surface area contributed by atoms with Gasteiger partial charge in [-0.15, -0.1) is 0 Å². The van der Waals surface area contributed by atoms with Gasteiger partial charge in [0.05, 0.1) is 17.5 Å². The average molecular weight is 299 g/mol. The Morgan fingerprint density at radius 3 is 3.06 bits per heavy atom. The van der Waals surface area contributed by atoms with Crippen molar-refractivity contribution in [1.82, 2.24) is 4.98 Å². The number of methoxy groups -OCH3 is 1. The van der Waals surface area contributed by atoms with Crippen LogP contribution in [0.3, 0.4) is 0 Å². The van der Waals surface area contributed by atoms with E-state index in [4.69, 9.17) is 0 Å². The third-order valence-electron chi connectivity index (χ3n) is 2.65. The van der Waals surface area contributed by atoms with Crippen molar-refractivity contribution < 1.29 is 14.3 Å². The van der Waals surface area contributed by atoms with Gasteiger partial charge in [0, 0.05) is 19.2 Å². The molecule has 2 rings (SSSR count). The average Bonchev–Trinajstić information content (AvgIpc) is 2.71. The largest absolute Gasteiger partial charge is 0.469 e. The number of rotatable bonds is 2. The highest BCUT2D eigenvalue weighted by Gasteiger charge is 2.36. The van der Waals surface area contributed by atoms with Crippen molar-refractivity contribution in [3.63, 3.8) is 0 Å². The number of amides is 1. The number of esters is 1. The lowest BCUT2D eigenvalue weighted by atomic mass is 10.1. The van der Waals surface area contributed by atoms with E-state index in [0.29, 0.717) is 12.4 Å². The Morgan fingerprint density at radius 2 is 2.41 bits per heavy atom. The van der Waals surface area contributed by atoms with Gasteiger partial charge in [0.2, 0.25) is 5.91 Å². The van der Waals surface area contributed by atoms with Gasteiger partial charge in [0.15, 0.2) is 0 Å². The van der Waals surface area contributed by atoms with Crippen molar-refractivity contribution in [3.05, 3.63) is 22.8 Å². The van der Waals surface area contributed by atoms with Crippen LogP contribution in [0.4, 0.5) is 5.82 Å². The summed E-state index contributed by atoms with van der Waals surface area (Å²) in [4.78, 5) is 28.8. The summed E-state index contributed by atoms with van der Waals surface area (Å²) in [6, 6.07) is 3.58. The number of nitrogens with zero attached hydrogens (tertiary/aromatic N) is 2. The van der Waals surface area contributed by atoms with E-state index in [1.165, 1.54) is 12.0 Å². The fraction of sp³-hybridized carbons (Fsp3) is 0.364. The molecule has 0 spiro atoms. The number of hydrogen-bond acceptors (Lipinski definition) is 4. The summed E-state index contributed by atoms with van der Waals surface area (Å²) < 4.78 is 5.38. The molecule has 0 N–H and O–H groups in total. The van der Waals surface area contributed by atoms with E-state index in [9.17, 15) is 9.59 Å². The van der Waals surface area contributed by atoms with Crippen LogP contribution in [0, 0.1) is 5.92 Å². The number of pyridine rings is 1. The number of carbonyl (C=O) groups is 2. The number of carbonyl (C=O) groups excluding carboxylic acids is 2. The molecule has 0 aliphatic carbocycles. The second-order valence-electron chi connectivity index (χ2n) is 3.74. The molecule has 1 amide bonds. The molecule has 90 valence electrons. The second-order valence-corrected chi connectivity index (χ2v) is 4.59. The number of halogens is 1. The van der Waals surface area contributed by atoms with Gasteiger partial charge in [-0.25, -0.2) is 4.98 Å². The number of hydrogen-bond donors (Lipinski definition) is 0. The van der Waals surface area contributed by atoms with Crippen molar-refractivity contribution in [2.45, 2.75) is 6.42 Å². The molecule has 6 heteroatoms. The fourth-order valence-electron chi connectivity index (χ4n) is 1.81. The summed E-state index contributed by atoms with van der Waals surface area (Å²) in [6.07, 6.45) is 1.79. The first kappa shape index (κ1) is 12.0. The molecule has 2 heterocycles. The lowest BCUT2D eigenvalue weighted by Gasteiger charge is -2.16. The van der Waals surface area contributed by atoms with Crippen molar-refractivity contribution in [3.8, 4) is 0 Å². The van der Waals surface area contributed by atoms with Gasteiger partial charge >= 0.3 is 5.97 Å². The van der Waals surface area contributed by atoms with Crippen LogP contribution in [0.1, 0.15) is 6.42 Å². The first-order valence-electron chi connectivity index (χ1n) is 5.12. The lowest BCUT2D eigenvalue weighted by molar-refractivity contribution is -0.145. The molecule has 0 bridgehead atoms. The van der Waals surface area contributed by atoms with Crippen LogP contribution in [0.5, 0.6) is 0 Å². The Morgan fingerprint density at radius 1 is 1.65 bits per heavy atom. The number of aromatic nitrogens is 1. The lowest BCUT2D eigenvalue weighted by Crippen LogP contribution is -2.27. The fourth-order valence-corrected chi connectivity index (χ4v) is 2.28. The van der Waals surface area contributed by atoms with Crippen molar-refractivity contribution in [2.24, 2.45) is 5.92 Å². The van der Waals surface area contributed by atoms with E-state index in [1.807, 2.05) is 0 Å². The molecule has 17 heavy (non-hydrogen) atoms. The second kappa shape index (κ2) is 4.83. The van der Waals surface area contributed by atoms with Gasteiger partial charge in [-0.3, -0.25) is 14.5 Å². The monoisotopic (exact) mass is 298 g/mol. The van der Waals surface area contributed by atoms with Crippen LogP contribution < -0.4 is 4.90 Å². The maximum absolute atomic E-state index is 11.8. The normalized spacial score (nSPS) is 19.5. The number of ether oxygens (including phenoxy) is 1. The minimum absolute atomic E-state index is 0.111. The van der Waals surface area contributed by atoms with E-state index in [2.05, 4.69) is 25.7 Å². The van der Waals surface area contributed by atoms with E-state index >= 15 is 0 Å². The van der Waals surface area contributed by atoms with Gasteiger partial charge in [0.25, 0.3) is 0 Å². The van der Waals surface area contributed by atoms with Crippen LogP contribution in [0.2, 0.25) is 0 Å². The van der Waals surface area contributed by atoms with Crippen molar-refractivity contribution in [1.29, 1.82) is 0 Å². The van der Waals surface area contributed by atoms with Crippen molar-refractivity contribution >= 4 is 33.6 Å². The molecule has 1 saturated heterocycles. The molecule has 1 fully saturated rings. The highest BCUT2D eigenvalue weighted by Crippen LogP contribution is 2.29. The number of anilines is 1. The zero-order valence-electron chi connectivity index (χ0n) is 9.22. The smallest absolute Gasteiger partial charge is 0.311 e. The highest BCUT2D eigenvalue weighted by atomic mass is 79.9. The Bertz CT molecular complexity index is 464. The molecule has 0 radical (unpaired) electrons. The zero-order valence-corrected chi connectivity index (χ0v) is 10.8. The molecule has 1 aromatic rings. The molecule has 1 aliphatic heterocycles. The molecular formula is C11H11BrN2O3. The Hall–Kier alpha value is -1.43. The van der Waals surface area contributed by atoms with Crippen LogP contribution in [-0.2, 0) is 14.3 Å². The van der Waals surface area contributed by atoms with E-state index in [1.54, 1.807) is 18.3 Å². The standard InChI is InChI=1S/C11H11BrN2O3/c1-17-11(16)7-5-9(15)14(6-7)10-8(12)3-2-4-13-10/h2-4,7H,5-6H2,1H3. The summed E-state index contributed by atoms with van der Waals surface area (Å²) in [7, 11) is 1.33. The SMILES string of the molecule is COC(=O)C1CC(=O)N(c2ncccc2Br)C1. The molecule has 1 aromatic heterocycles. The minimum Gasteiger partial charge on any atom is -0.469 e. The van der Waals surface area contributed by atoms with Gasteiger partial charge in [-0.1, -0.05) is 0 Å². The molecule has 0 saturated carbocycles. The predicted molar refractivity (Wildman–Crippen MR) is 64.4 cm³/mol. The summed E-state index contributed by atoms with van der Waals surface area (Å²) >= 11 is 3.34.